The highest BCUT2D eigenvalue weighted by atomic mass is 16.5. The molecule has 2 aliphatic rings. The van der Waals surface area contributed by atoms with E-state index in [1.165, 1.54) is 0 Å². The molecule has 0 bridgehead atoms. The van der Waals surface area contributed by atoms with E-state index >= 15 is 0 Å². The zero-order valence-electron chi connectivity index (χ0n) is 9.46. The Bertz CT molecular complexity index is 220. The van der Waals surface area contributed by atoms with Gasteiger partial charge in [0.2, 0.25) is 0 Å². The third-order valence-corrected chi connectivity index (χ3v) is 3.62. The van der Waals surface area contributed by atoms with Crippen LogP contribution in [0.2, 0.25) is 0 Å². The third-order valence-electron chi connectivity index (χ3n) is 3.62. The highest BCUT2D eigenvalue weighted by Gasteiger charge is 2.36. The Balaban J connectivity index is 1.91. The summed E-state index contributed by atoms with van der Waals surface area (Å²) in [6.45, 7) is 2.15. The summed E-state index contributed by atoms with van der Waals surface area (Å²) >= 11 is 0. The topological polar surface area (TPSA) is 73.2 Å². The number of likely N-dealkylation sites (tertiary alicyclic amines) is 1. The number of aliphatic hydroxyl groups excluding tert-OH is 3. The average molecular weight is 231 g/mol. The Morgan fingerprint density at radius 2 is 2.06 bits per heavy atom. The molecule has 2 heterocycles. The predicted octanol–water partition coefficient (Wildman–Crippen LogP) is -1.05. The first-order valence-electron chi connectivity index (χ1n) is 6.05. The van der Waals surface area contributed by atoms with Gasteiger partial charge in [-0.3, -0.25) is 4.90 Å². The van der Waals surface area contributed by atoms with E-state index in [1.54, 1.807) is 0 Å². The van der Waals surface area contributed by atoms with Crippen LogP contribution in [-0.2, 0) is 4.74 Å². The normalized spacial score (nSPS) is 41.4. The molecule has 4 atom stereocenters. The standard InChI is InChI=1S/C11H21NO4/c13-7-9-11(15)10(14)3-4-12(9)6-8-2-1-5-16-8/h8-11,13-15H,1-7H2/t8?,9-,10-,11-/m1/s1. The smallest absolute Gasteiger partial charge is 0.0976 e. The minimum absolute atomic E-state index is 0.120. The van der Waals surface area contributed by atoms with Crippen molar-refractivity contribution < 1.29 is 20.1 Å². The molecule has 5 nitrogen and oxygen atoms in total. The molecule has 2 rings (SSSR count). The molecular weight excluding hydrogens is 210 g/mol. The van der Waals surface area contributed by atoms with Gasteiger partial charge < -0.3 is 20.1 Å². The van der Waals surface area contributed by atoms with Crippen molar-refractivity contribution in [1.82, 2.24) is 4.90 Å². The second-order valence-corrected chi connectivity index (χ2v) is 4.73. The van der Waals surface area contributed by atoms with E-state index in [9.17, 15) is 15.3 Å². The highest BCUT2D eigenvalue weighted by Crippen LogP contribution is 2.21. The maximum Gasteiger partial charge on any atom is 0.0976 e. The van der Waals surface area contributed by atoms with Crippen LogP contribution in [0.25, 0.3) is 0 Å². The number of ether oxygens (including phenoxy) is 1. The van der Waals surface area contributed by atoms with E-state index in [4.69, 9.17) is 4.74 Å². The van der Waals surface area contributed by atoms with Gasteiger partial charge in [-0.05, 0) is 19.3 Å². The zero-order valence-corrected chi connectivity index (χ0v) is 9.46. The van der Waals surface area contributed by atoms with Gasteiger partial charge in [0.05, 0.1) is 31.0 Å². The Morgan fingerprint density at radius 3 is 2.69 bits per heavy atom. The maximum atomic E-state index is 9.79. The van der Waals surface area contributed by atoms with Crippen molar-refractivity contribution in [2.24, 2.45) is 0 Å². The Hall–Kier alpha value is -0.200. The van der Waals surface area contributed by atoms with E-state index in [2.05, 4.69) is 0 Å². The molecule has 5 heteroatoms. The summed E-state index contributed by atoms with van der Waals surface area (Å²) in [5.74, 6) is 0. The van der Waals surface area contributed by atoms with Crippen LogP contribution in [0.3, 0.4) is 0 Å². The molecule has 0 spiro atoms. The maximum absolute atomic E-state index is 9.79. The van der Waals surface area contributed by atoms with Crippen LogP contribution in [0, 0.1) is 0 Å². The molecule has 0 aliphatic carbocycles. The van der Waals surface area contributed by atoms with Gasteiger partial charge in [-0.15, -0.1) is 0 Å². The first-order chi connectivity index (χ1) is 7.72. The molecule has 0 aromatic heterocycles. The van der Waals surface area contributed by atoms with Crippen molar-refractivity contribution in [3.05, 3.63) is 0 Å². The monoisotopic (exact) mass is 231 g/mol. The second-order valence-electron chi connectivity index (χ2n) is 4.73. The van der Waals surface area contributed by atoms with E-state index in [1.807, 2.05) is 4.90 Å². The Labute approximate surface area is 95.6 Å². The summed E-state index contributed by atoms with van der Waals surface area (Å²) in [4.78, 5) is 2.04. The number of hydrogen-bond donors (Lipinski definition) is 3. The zero-order chi connectivity index (χ0) is 11.5. The summed E-state index contributed by atoms with van der Waals surface area (Å²) in [7, 11) is 0. The van der Waals surface area contributed by atoms with Crippen LogP contribution in [0.4, 0.5) is 0 Å². The predicted molar refractivity (Wildman–Crippen MR) is 58.1 cm³/mol. The van der Waals surface area contributed by atoms with Crippen molar-refractivity contribution in [3.8, 4) is 0 Å². The van der Waals surface area contributed by atoms with Crippen molar-refractivity contribution >= 4 is 0 Å². The molecule has 0 radical (unpaired) electrons. The van der Waals surface area contributed by atoms with Crippen molar-refractivity contribution in [1.29, 1.82) is 0 Å². The van der Waals surface area contributed by atoms with Gasteiger partial charge in [-0.1, -0.05) is 0 Å². The van der Waals surface area contributed by atoms with E-state index < -0.39 is 12.2 Å². The molecule has 0 aromatic carbocycles. The molecule has 0 aromatic rings. The Kier molecular flexibility index (Phi) is 4.16. The van der Waals surface area contributed by atoms with Gasteiger partial charge in [0.1, 0.15) is 0 Å². The molecule has 2 saturated heterocycles. The largest absolute Gasteiger partial charge is 0.395 e. The minimum atomic E-state index is -0.847. The SMILES string of the molecule is OC[C@@H]1[C@@H](O)[C@H](O)CCN1CC1CCCO1. The van der Waals surface area contributed by atoms with Gasteiger partial charge in [0, 0.05) is 19.7 Å². The lowest BCUT2D eigenvalue weighted by Crippen LogP contribution is -2.57. The summed E-state index contributed by atoms with van der Waals surface area (Å²) in [5.41, 5.74) is 0. The van der Waals surface area contributed by atoms with E-state index in [0.29, 0.717) is 13.0 Å². The van der Waals surface area contributed by atoms with Crippen molar-refractivity contribution in [3.63, 3.8) is 0 Å². The van der Waals surface area contributed by atoms with Crippen molar-refractivity contribution in [2.75, 3.05) is 26.3 Å². The number of hydrogen-bond acceptors (Lipinski definition) is 5. The van der Waals surface area contributed by atoms with Crippen LogP contribution in [0.15, 0.2) is 0 Å². The molecule has 0 amide bonds. The van der Waals surface area contributed by atoms with Gasteiger partial charge in [-0.25, -0.2) is 0 Å². The molecule has 94 valence electrons. The molecule has 2 fully saturated rings. The minimum Gasteiger partial charge on any atom is -0.395 e. The van der Waals surface area contributed by atoms with Crippen molar-refractivity contribution in [2.45, 2.75) is 43.6 Å². The van der Waals surface area contributed by atoms with Gasteiger partial charge in [0.15, 0.2) is 0 Å². The van der Waals surface area contributed by atoms with Crippen LogP contribution in [0.5, 0.6) is 0 Å². The molecule has 16 heavy (non-hydrogen) atoms. The first-order valence-corrected chi connectivity index (χ1v) is 6.05. The highest BCUT2D eigenvalue weighted by molar-refractivity contribution is 4.90. The van der Waals surface area contributed by atoms with Gasteiger partial charge in [-0.2, -0.15) is 0 Å². The molecule has 2 aliphatic heterocycles. The average Bonchev–Trinajstić information content (AvgIpc) is 2.77. The van der Waals surface area contributed by atoms with Gasteiger partial charge in [0.25, 0.3) is 0 Å². The number of rotatable bonds is 3. The van der Waals surface area contributed by atoms with E-state index in [-0.39, 0.29) is 18.8 Å². The fraction of sp³-hybridized carbons (Fsp3) is 1.00. The fourth-order valence-corrected chi connectivity index (χ4v) is 2.61. The van der Waals surface area contributed by atoms with Crippen LogP contribution >= 0.6 is 0 Å². The summed E-state index contributed by atoms with van der Waals surface area (Å²) in [6.07, 6.45) is 1.36. The van der Waals surface area contributed by atoms with Crippen LogP contribution < -0.4 is 0 Å². The lowest BCUT2D eigenvalue weighted by atomic mass is 9.96. The number of piperidine rings is 1. The van der Waals surface area contributed by atoms with Crippen LogP contribution in [-0.4, -0.2) is 70.9 Å². The van der Waals surface area contributed by atoms with Gasteiger partial charge >= 0.3 is 0 Å². The summed E-state index contributed by atoms with van der Waals surface area (Å²) in [5, 5.41) is 28.6. The van der Waals surface area contributed by atoms with Crippen LogP contribution in [0.1, 0.15) is 19.3 Å². The molecule has 1 unspecified atom stereocenters. The van der Waals surface area contributed by atoms with E-state index in [0.717, 1.165) is 26.0 Å². The second kappa shape index (κ2) is 5.42. The third kappa shape index (κ3) is 2.55. The number of nitrogens with zero attached hydrogens (tertiary/aromatic N) is 1. The molecular formula is C11H21NO4. The lowest BCUT2D eigenvalue weighted by molar-refractivity contribution is -0.0982. The molecule has 0 saturated carbocycles. The number of aliphatic hydroxyl groups is 3. The summed E-state index contributed by atoms with van der Waals surface area (Å²) in [6, 6.07) is -0.354. The first kappa shape index (κ1) is 12.3. The Morgan fingerprint density at radius 1 is 1.25 bits per heavy atom. The lowest BCUT2D eigenvalue weighted by Gasteiger charge is -2.41. The molecule has 3 N–H and O–H groups in total. The summed E-state index contributed by atoms with van der Waals surface area (Å²) < 4.78 is 5.54. The fourth-order valence-electron chi connectivity index (χ4n) is 2.61. The quantitative estimate of drug-likeness (QED) is 0.578.